The van der Waals surface area contributed by atoms with Gasteiger partial charge >= 0.3 is 0 Å². The molecule has 6 nitrogen and oxygen atoms in total. The highest BCUT2D eigenvalue weighted by Crippen LogP contribution is 2.26. The molecule has 1 amide bonds. The number of hydrogen-bond acceptors (Lipinski definition) is 5. The van der Waals surface area contributed by atoms with Crippen molar-refractivity contribution in [3.8, 4) is 5.69 Å². The van der Waals surface area contributed by atoms with Crippen LogP contribution in [0.2, 0.25) is 0 Å². The minimum Gasteiger partial charge on any atom is -0.352 e. The number of nitrogens with zero attached hydrogens (tertiary/aromatic N) is 3. The summed E-state index contributed by atoms with van der Waals surface area (Å²) in [6.07, 6.45) is 7.70. The van der Waals surface area contributed by atoms with Crippen molar-refractivity contribution >= 4 is 28.6 Å². The minimum absolute atomic E-state index is 0.0166. The Morgan fingerprint density at radius 1 is 1.21 bits per heavy atom. The molecular formula is C21H22N4O2S. The van der Waals surface area contributed by atoms with Gasteiger partial charge in [0.15, 0.2) is 5.16 Å². The van der Waals surface area contributed by atoms with Crippen molar-refractivity contribution in [1.29, 1.82) is 0 Å². The van der Waals surface area contributed by atoms with Crippen LogP contribution in [0, 0.1) is 0 Å². The lowest BCUT2D eigenvalue weighted by atomic mass is 10.2. The van der Waals surface area contributed by atoms with E-state index in [9.17, 15) is 9.59 Å². The second kappa shape index (κ2) is 8.14. The smallest absolute Gasteiger partial charge is 0.266 e. The summed E-state index contributed by atoms with van der Waals surface area (Å²) >= 11 is 1.30. The number of para-hydroxylation sites is 1. The molecule has 144 valence electrons. The van der Waals surface area contributed by atoms with Crippen molar-refractivity contribution in [1.82, 2.24) is 19.9 Å². The summed E-state index contributed by atoms with van der Waals surface area (Å²) in [5, 5.41) is 3.79. The first kappa shape index (κ1) is 18.7. The molecule has 28 heavy (non-hydrogen) atoms. The molecule has 0 aliphatic heterocycles. The standard InChI is InChI=1S/C21H22N4O2S/c1-14(19(26)23-15-7-2-3-8-15)28-21-24-18-11-5-4-10-17(18)20(27)25(21)16-9-6-12-22-13-16/h4-6,9-15H,2-3,7-8H2,1H3,(H,23,26). The van der Waals surface area contributed by atoms with E-state index in [2.05, 4.69) is 15.3 Å². The monoisotopic (exact) mass is 394 g/mol. The van der Waals surface area contributed by atoms with Crippen LogP contribution in [0.15, 0.2) is 58.7 Å². The van der Waals surface area contributed by atoms with Crippen molar-refractivity contribution in [3.05, 3.63) is 59.1 Å². The van der Waals surface area contributed by atoms with Crippen molar-refractivity contribution < 1.29 is 4.79 Å². The van der Waals surface area contributed by atoms with Gasteiger partial charge in [-0.25, -0.2) is 4.98 Å². The first-order valence-corrected chi connectivity index (χ1v) is 10.4. The highest BCUT2D eigenvalue weighted by Gasteiger charge is 2.23. The Bertz CT molecular complexity index is 1050. The number of fused-ring (bicyclic) bond motifs is 1. The summed E-state index contributed by atoms with van der Waals surface area (Å²) < 4.78 is 1.54. The van der Waals surface area contributed by atoms with Gasteiger partial charge in [-0.3, -0.25) is 19.1 Å². The third-order valence-electron chi connectivity index (χ3n) is 5.00. The second-order valence-corrected chi connectivity index (χ2v) is 8.32. The average Bonchev–Trinajstić information content (AvgIpc) is 3.22. The topological polar surface area (TPSA) is 76.9 Å². The van der Waals surface area contributed by atoms with Gasteiger partial charge in [0.1, 0.15) is 0 Å². The third-order valence-corrected chi connectivity index (χ3v) is 6.05. The maximum absolute atomic E-state index is 13.2. The number of rotatable bonds is 5. The lowest BCUT2D eigenvalue weighted by Gasteiger charge is -2.18. The van der Waals surface area contributed by atoms with Gasteiger partial charge in [-0.15, -0.1) is 0 Å². The van der Waals surface area contributed by atoms with E-state index in [4.69, 9.17) is 0 Å². The molecule has 1 fully saturated rings. The van der Waals surface area contributed by atoms with Crippen LogP contribution >= 0.6 is 11.8 Å². The molecule has 2 aromatic heterocycles. The van der Waals surface area contributed by atoms with E-state index in [0.29, 0.717) is 21.7 Å². The first-order chi connectivity index (χ1) is 13.6. The Balaban J connectivity index is 1.70. The van der Waals surface area contributed by atoms with Crippen LogP contribution in [-0.2, 0) is 4.79 Å². The van der Waals surface area contributed by atoms with Crippen LogP contribution in [0.4, 0.5) is 0 Å². The van der Waals surface area contributed by atoms with Crippen LogP contribution in [0.5, 0.6) is 0 Å². The SMILES string of the molecule is CC(Sc1nc2ccccc2c(=O)n1-c1cccnc1)C(=O)NC1CCCC1. The number of nitrogens with one attached hydrogen (secondary N) is 1. The summed E-state index contributed by atoms with van der Waals surface area (Å²) in [5.74, 6) is -0.0166. The number of benzene rings is 1. The fourth-order valence-electron chi connectivity index (χ4n) is 3.51. The fraction of sp³-hybridized carbons (Fsp3) is 0.333. The number of carbonyl (C=O) groups excluding carboxylic acids is 1. The molecule has 1 atom stereocenters. The van der Waals surface area contributed by atoms with Crippen molar-refractivity contribution in [2.75, 3.05) is 0 Å². The van der Waals surface area contributed by atoms with Crippen LogP contribution in [-0.4, -0.2) is 31.7 Å². The molecule has 2 heterocycles. The Labute approximate surface area is 167 Å². The molecule has 1 unspecified atom stereocenters. The van der Waals surface area contributed by atoms with Gasteiger partial charge in [0, 0.05) is 12.2 Å². The van der Waals surface area contributed by atoms with E-state index >= 15 is 0 Å². The first-order valence-electron chi connectivity index (χ1n) is 9.53. The zero-order valence-electron chi connectivity index (χ0n) is 15.7. The maximum Gasteiger partial charge on any atom is 0.266 e. The molecule has 3 aromatic rings. The molecule has 0 radical (unpaired) electrons. The van der Waals surface area contributed by atoms with Gasteiger partial charge in [-0.2, -0.15) is 0 Å². The van der Waals surface area contributed by atoms with Crippen LogP contribution < -0.4 is 10.9 Å². The molecule has 7 heteroatoms. The Hall–Kier alpha value is -2.67. The highest BCUT2D eigenvalue weighted by molar-refractivity contribution is 8.00. The molecule has 1 aliphatic carbocycles. The van der Waals surface area contributed by atoms with Gasteiger partial charge in [0.2, 0.25) is 5.91 Å². The molecule has 0 spiro atoms. The van der Waals surface area contributed by atoms with E-state index in [1.54, 1.807) is 29.1 Å². The summed E-state index contributed by atoms with van der Waals surface area (Å²) in [5.41, 5.74) is 1.10. The Kier molecular flexibility index (Phi) is 5.43. The quantitative estimate of drug-likeness (QED) is 0.531. The summed E-state index contributed by atoms with van der Waals surface area (Å²) in [4.78, 5) is 34.6. The zero-order chi connectivity index (χ0) is 19.5. The van der Waals surface area contributed by atoms with Crippen molar-refractivity contribution in [3.63, 3.8) is 0 Å². The lowest BCUT2D eigenvalue weighted by molar-refractivity contribution is -0.120. The Morgan fingerprint density at radius 2 is 2.00 bits per heavy atom. The predicted molar refractivity (Wildman–Crippen MR) is 111 cm³/mol. The third kappa shape index (κ3) is 3.80. The van der Waals surface area contributed by atoms with E-state index in [-0.39, 0.29) is 22.8 Å². The van der Waals surface area contributed by atoms with Crippen molar-refractivity contribution in [2.45, 2.75) is 49.1 Å². The van der Waals surface area contributed by atoms with Gasteiger partial charge < -0.3 is 5.32 Å². The van der Waals surface area contributed by atoms with Crippen LogP contribution in [0.1, 0.15) is 32.6 Å². The molecule has 4 rings (SSSR count). The molecule has 1 saturated carbocycles. The number of thioether (sulfide) groups is 1. The summed E-state index contributed by atoms with van der Waals surface area (Å²) in [6.45, 7) is 1.85. The normalized spacial score (nSPS) is 15.6. The molecule has 1 aliphatic rings. The highest BCUT2D eigenvalue weighted by atomic mass is 32.2. The largest absolute Gasteiger partial charge is 0.352 e. The van der Waals surface area contributed by atoms with Gasteiger partial charge in [0.05, 0.1) is 28.0 Å². The number of amides is 1. The fourth-order valence-corrected chi connectivity index (χ4v) is 4.44. The molecular weight excluding hydrogens is 372 g/mol. The van der Waals surface area contributed by atoms with Gasteiger partial charge in [-0.05, 0) is 44.0 Å². The average molecular weight is 395 g/mol. The van der Waals surface area contributed by atoms with E-state index in [1.165, 1.54) is 24.6 Å². The number of carbonyl (C=O) groups is 1. The molecule has 1 N–H and O–H groups in total. The number of hydrogen-bond donors (Lipinski definition) is 1. The minimum atomic E-state index is -0.364. The second-order valence-electron chi connectivity index (χ2n) is 7.01. The summed E-state index contributed by atoms with van der Waals surface area (Å²) in [6, 6.07) is 11.1. The molecule has 0 bridgehead atoms. The van der Waals surface area contributed by atoms with Crippen molar-refractivity contribution in [2.24, 2.45) is 0 Å². The lowest BCUT2D eigenvalue weighted by Crippen LogP contribution is -2.38. The number of pyridine rings is 1. The van der Waals surface area contributed by atoms with Gasteiger partial charge in [0.25, 0.3) is 5.56 Å². The van der Waals surface area contributed by atoms with Crippen LogP contribution in [0.3, 0.4) is 0 Å². The van der Waals surface area contributed by atoms with Crippen LogP contribution in [0.25, 0.3) is 16.6 Å². The number of aromatic nitrogens is 3. The zero-order valence-corrected chi connectivity index (χ0v) is 16.5. The molecule has 1 aromatic carbocycles. The van der Waals surface area contributed by atoms with E-state index in [0.717, 1.165) is 12.8 Å². The van der Waals surface area contributed by atoms with Gasteiger partial charge in [-0.1, -0.05) is 36.7 Å². The molecule has 0 saturated heterocycles. The van der Waals surface area contributed by atoms with E-state index in [1.807, 2.05) is 31.2 Å². The Morgan fingerprint density at radius 3 is 2.75 bits per heavy atom. The van der Waals surface area contributed by atoms with E-state index < -0.39 is 0 Å². The predicted octanol–water partition coefficient (Wildman–Crippen LogP) is 3.32. The summed E-state index contributed by atoms with van der Waals surface area (Å²) in [7, 11) is 0. The maximum atomic E-state index is 13.2.